The average Bonchev–Trinajstić information content (AvgIpc) is 2.79. The van der Waals surface area contributed by atoms with Crippen LogP contribution in [0.15, 0.2) is 36.4 Å². The van der Waals surface area contributed by atoms with E-state index in [1.165, 1.54) is 11.1 Å². The van der Waals surface area contributed by atoms with Gasteiger partial charge in [0.15, 0.2) is 0 Å². The monoisotopic (exact) mass is 261 g/mol. The molecule has 0 N–H and O–H groups in total. The van der Waals surface area contributed by atoms with E-state index >= 15 is 0 Å². The summed E-state index contributed by atoms with van der Waals surface area (Å²) in [5.41, 5.74) is 5.89. The van der Waals surface area contributed by atoms with Crippen LogP contribution in [0, 0.1) is 25.2 Å². The molecule has 0 unspecified atom stereocenters. The maximum absolute atomic E-state index is 9.21. The predicted octanol–water partition coefficient (Wildman–Crippen LogP) is 3.73. The van der Waals surface area contributed by atoms with Crippen molar-refractivity contribution in [3.63, 3.8) is 0 Å². The van der Waals surface area contributed by atoms with E-state index in [9.17, 15) is 5.26 Å². The number of aryl methyl sites for hydroxylation is 3. The summed E-state index contributed by atoms with van der Waals surface area (Å²) in [5, 5.41) is 9.21. The van der Waals surface area contributed by atoms with Crippen LogP contribution in [0.4, 0.5) is 0 Å². The third-order valence-electron chi connectivity index (χ3n) is 3.67. The molecule has 0 aliphatic carbocycles. The van der Waals surface area contributed by atoms with Crippen molar-refractivity contribution in [1.29, 1.82) is 5.26 Å². The van der Waals surface area contributed by atoms with E-state index in [0.717, 1.165) is 22.4 Å². The molecule has 3 nitrogen and oxygen atoms in total. The number of nitrogens with zero attached hydrogens (tertiary/aromatic N) is 3. The van der Waals surface area contributed by atoms with Gasteiger partial charge in [-0.25, -0.2) is 4.98 Å². The van der Waals surface area contributed by atoms with Gasteiger partial charge in [0.05, 0.1) is 11.1 Å². The van der Waals surface area contributed by atoms with Gasteiger partial charge in [-0.1, -0.05) is 23.8 Å². The zero-order valence-electron chi connectivity index (χ0n) is 11.8. The van der Waals surface area contributed by atoms with Crippen molar-refractivity contribution >= 4 is 11.0 Å². The lowest BCUT2D eigenvalue weighted by molar-refractivity contribution is 0.957. The molecule has 98 valence electrons. The first-order valence-electron chi connectivity index (χ1n) is 6.55. The highest BCUT2D eigenvalue weighted by atomic mass is 15.1. The van der Waals surface area contributed by atoms with Gasteiger partial charge in [0, 0.05) is 12.6 Å². The maximum Gasteiger partial charge on any atom is 0.141 e. The molecule has 0 radical (unpaired) electrons. The third kappa shape index (κ3) is 1.78. The van der Waals surface area contributed by atoms with Crippen molar-refractivity contribution in [3.8, 4) is 17.5 Å². The highest BCUT2D eigenvalue weighted by Crippen LogP contribution is 2.28. The first-order valence-corrected chi connectivity index (χ1v) is 6.55. The molecule has 0 atom stereocenters. The zero-order chi connectivity index (χ0) is 14.3. The van der Waals surface area contributed by atoms with Crippen LogP contribution in [0.1, 0.15) is 16.7 Å². The summed E-state index contributed by atoms with van der Waals surface area (Å²) < 4.78 is 2.05. The molecule has 0 aliphatic rings. The molecule has 0 bridgehead atoms. The molecule has 0 aliphatic heterocycles. The summed E-state index contributed by atoms with van der Waals surface area (Å²) in [5.74, 6) is 0.906. The van der Waals surface area contributed by atoms with E-state index in [1.54, 1.807) is 0 Å². The van der Waals surface area contributed by atoms with Gasteiger partial charge in [-0.15, -0.1) is 0 Å². The quantitative estimate of drug-likeness (QED) is 0.669. The maximum atomic E-state index is 9.21. The first kappa shape index (κ1) is 12.4. The number of hydrogen-bond acceptors (Lipinski definition) is 2. The van der Waals surface area contributed by atoms with Crippen molar-refractivity contribution in [3.05, 3.63) is 53.1 Å². The van der Waals surface area contributed by atoms with E-state index < -0.39 is 0 Å². The SMILES string of the molecule is Cc1ccc(C)c(-c2nc3c(C#N)cccc3n2C)c1. The molecule has 0 saturated heterocycles. The minimum absolute atomic E-state index is 0.620. The van der Waals surface area contributed by atoms with E-state index in [-0.39, 0.29) is 0 Å². The molecule has 0 saturated carbocycles. The fraction of sp³-hybridized carbons (Fsp3) is 0.176. The highest BCUT2D eigenvalue weighted by Gasteiger charge is 2.14. The summed E-state index contributed by atoms with van der Waals surface area (Å²) in [6, 6.07) is 14.3. The van der Waals surface area contributed by atoms with Crippen LogP contribution in [-0.4, -0.2) is 9.55 Å². The molecule has 20 heavy (non-hydrogen) atoms. The Bertz CT molecular complexity index is 851. The van der Waals surface area contributed by atoms with Crippen molar-refractivity contribution < 1.29 is 0 Å². The molecule has 1 aromatic heterocycles. The standard InChI is InChI=1S/C17H15N3/c1-11-7-8-12(2)14(9-11)17-19-16-13(10-18)5-4-6-15(16)20(17)3/h4-9H,1-3H3. The summed E-state index contributed by atoms with van der Waals surface area (Å²) in [7, 11) is 1.99. The number of hydrogen-bond donors (Lipinski definition) is 0. The van der Waals surface area contributed by atoms with Gasteiger partial charge in [0.1, 0.15) is 17.4 Å². The van der Waals surface area contributed by atoms with Crippen LogP contribution >= 0.6 is 0 Å². The second-order valence-electron chi connectivity index (χ2n) is 5.10. The lowest BCUT2D eigenvalue weighted by atomic mass is 10.1. The van der Waals surface area contributed by atoms with Crippen LogP contribution in [0.5, 0.6) is 0 Å². The van der Waals surface area contributed by atoms with E-state index in [1.807, 2.05) is 25.2 Å². The Morgan fingerprint density at radius 1 is 1.15 bits per heavy atom. The van der Waals surface area contributed by atoms with Gasteiger partial charge >= 0.3 is 0 Å². The van der Waals surface area contributed by atoms with Crippen molar-refractivity contribution in [2.24, 2.45) is 7.05 Å². The first-order chi connectivity index (χ1) is 9.61. The van der Waals surface area contributed by atoms with Crippen LogP contribution in [0.25, 0.3) is 22.4 Å². The van der Waals surface area contributed by atoms with Crippen molar-refractivity contribution in [2.75, 3.05) is 0 Å². The Morgan fingerprint density at radius 3 is 2.70 bits per heavy atom. The Morgan fingerprint density at radius 2 is 1.95 bits per heavy atom. The normalized spacial score (nSPS) is 10.7. The minimum Gasteiger partial charge on any atom is -0.327 e. The fourth-order valence-corrected chi connectivity index (χ4v) is 2.52. The van der Waals surface area contributed by atoms with E-state index in [2.05, 4.69) is 42.7 Å². The fourth-order valence-electron chi connectivity index (χ4n) is 2.52. The number of imidazole rings is 1. The summed E-state index contributed by atoms with van der Waals surface area (Å²) >= 11 is 0. The van der Waals surface area contributed by atoms with Gasteiger partial charge in [-0.2, -0.15) is 5.26 Å². The highest BCUT2D eigenvalue weighted by molar-refractivity contribution is 5.85. The second-order valence-corrected chi connectivity index (χ2v) is 5.10. The number of fused-ring (bicyclic) bond motifs is 1. The molecule has 0 fully saturated rings. The van der Waals surface area contributed by atoms with E-state index in [4.69, 9.17) is 4.98 Å². The van der Waals surface area contributed by atoms with Gasteiger partial charge < -0.3 is 4.57 Å². The lowest BCUT2D eigenvalue weighted by Gasteiger charge is -2.07. The molecule has 0 amide bonds. The van der Waals surface area contributed by atoms with Crippen molar-refractivity contribution in [1.82, 2.24) is 9.55 Å². The van der Waals surface area contributed by atoms with Crippen molar-refractivity contribution in [2.45, 2.75) is 13.8 Å². The number of rotatable bonds is 1. The largest absolute Gasteiger partial charge is 0.327 e. The molecular weight excluding hydrogens is 246 g/mol. The molecule has 2 aromatic carbocycles. The Hall–Kier alpha value is -2.60. The second kappa shape index (κ2) is 4.50. The molecule has 3 heteroatoms. The molecule has 0 spiro atoms. The number of aromatic nitrogens is 2. The van der Waals surface area contributed by atoms with Gasteiger partial charge in [0.2, 0.25) is 0 Å². The molecule has 1 heterocycles. The minimum atomic E-state index is 0.620. The Balaban J connectivity index is 2.36. The van der Waals surface area contributed by atoms with Crippen LogP contribution in [0.2, 0.25) is 0 Å². The topological polar surface area (TPSA) is 41.6 Å². The molecule has 3 aromatic rings. The Kier molecular flexibility index (Phi) is 2.80. The van der Waals surface area contributed by atoms with Gasteiger partial charge in [-0.05, 0) is 37.6 Å². The molecule has 3 rings (SSSR count). The Labute approximate surface area is 118 Å². The number of nitriles is 1. The summed E-state index contributed by atoms with van der Waals surface area (Å²) in [6.07, 6.45) is 0. The summed E-state index contributed by atoms with van der Waals surface area (Å²) in [6.45, 7) is 4.16. The average molecular weight is 261 g/mol. The van der Waals surface area contributed by atoms with Crippen LogP contribution < -0.4 is 0 Å². The van der Waals surface area contributed by atoms with Gasteiger partial charge in [0.25, 0.3) is 0 Å². The smallest absolute Gasteiger partial charge is 0.141 e. The number of benzene rings is 2. The summed E-state index contributed by atoms with van der Waals surface area (Å²) in [4.78, 5) is 4.70. The zero-order valence-corrected chi connectivity index (χ0v) is 11.8. The van der Waals surface area contributed by atoms with Crippen LogP contribution in [-0.2, 0) is 7.05 Å². The molecular formula is C17H15N3. The van der Waals surface area contributed by atoms with E-state index in [0.29, 0.717) is 5.56 Å². The predicted molar refractivity (Wildman–Crippen MR) is 80.3 cm³/mol. The van der Waals surface area contributed by atoms with Crippen LogP contribution in [0.3, 0.4) is 0 Å². The third-order valence-corrected chi connectivity index (χ3v) is 3.67. The lowest BCUT2D eigenvalue weighted by Crippen LogP contribution is -1.94. The van der Waals surface area contributed by atoms with Gasteiger partial charge in [-0.3, -0.25) is 0 Å². The number of para-hydroxylation sites is 1.